The molecule has 0 radical (unpaired) electrons. The summed E-state index contributed by atoms with van der Waals surface area (Å²) in [6.45, 7) is 1.10. The molecule has 13 heteroatoms. The van der Waals surface area contributed by atoms with Crippen LogP contribution in [0.25, 0.3) is 0 Å². The summed E-state index contributed by atoms with van der Waals surface area (Å²) < 4.78 is 69.2. The lowest BCUT2D eigenvalue weighted by Gasteiger charge is -2.16. The number of benzene rings is 1. The number of carbonyl (C=O) groups excluding carboxylic acids is 1. The van der Waals surface area contributed by atoms with Gasteiger partial charge in [-0.25, -0.2) is 23.1 Å². The quantitative estimate of drug-likeness (QED) is 0.342. The average Bonchev–Trinajstić information content (AvgIpc) is 3.29. The van der Waals surface area contributed by atoms with Gasteiger partial charge in [-0.05, 0) is 67.3 Å². The van der Waals surface area contributed by atoms with Crippen molar-refractivity contribution in [3.63, 3.8) is 0 Å². The first-order valence-corrected chi connectivity index (χ1v) is 13.5. The van der Waals surface area contributed by atoms with E-state index in [4.69, 9.17) is 9.84 Å². The second kappa shape index (κ2) is 12.7. The molecule has 0 aliphatic heterocycles. The molecule has 1 aliphatic carbocycles. The summed E-state index contributed by atoms with van der Waals surface area (Å²) in [5.74, 6) is -0.676. The highest BCUT2D eigenvalue weighted by molar-refractivity contribution is 7.89. The van der Waals surface area contributed by atoms with Crippen LogP contribution in [0.3, 0.4) is 0 Å². The highest BCUT2D eigenvalue weighted by Gasteiger charge is 2.31. The van der Waals surface area contributed by atoms with E-state index in [1.807, 2.05) is 0 Å². The zero-order chi connectivity index (χ0) is 27.1. The highest BCUT2D eigenvalue weighted by atomic mass is 32.2. The van der Waals surface area contributed by atoms with Crippen LogP contribution in [-0.2, 0) is 19.6 Å². The van der Waals surface area contributed by atoms with E-state index in [1.165, 1.54) is 19.1 Å². The minimum Gasteiger partial charge on any atom is -0.462 e. The molecule has 0 unspecified atom stereocenters. The SMILES string of the molecule is C[C@H](CCC(=O)O[C@@H]1CC[C@@H](c2cnc(Nc3ccc(S(=O)(=O)NCCO)cc3)nc2)C1)CC(F)(F)F. The number of ether oxygens (including phenoxy) is 1. The van der Waals surface area contributed by atoms with Gasteiger partial charge >= 0.3 is 12.1 Å². The number of aromatic nitrogens is 2. The molecular formula is C24H31F3N4O5S. The number of carbonyl (C=O) groups is 1. The Labute approximate surface area is 213 Å². The molecule has 1 fully saturated rings. The van der Waals surface area contributed by atoms with Crippen molar-refractivity contribution in [3.8, 4) is 0 Å². The minimum absolute atomic E-state index is 0.0338. The lowest BCUT2D eigenvalue weighted by atomic mass is 10.0. The third-order valence-electron chi connectivity index (χ3n) is 6.07. The van der Waals surface area contributed by atoms with Crippen molar-refractivity contribution in [1.29, 1.82) is 0 Å². The van der Waals surface area contributed by atoms with Crippen LogP contribution in [0.15, 0.2) is 41.6 Å². The van der Waals surface area contributed by atoms with Gasteiger partial charge < -0.3 is 15.2 Å². The van der Waals surface area contributed by atoms with Crippen LogP contribution in [0, 0.1) is 5.92 Å². The van der Waals surface area contributed by atoms with Crippen molar-refractivity contribution < 1.29 is 36.2 Å². The van der Waals surface area contributed by atoms with Gasteiger partial charge in [0.15, 0.2) is 0 Å². The summed E-state index contributed by atoms with van der Waals surface area (Å²) in [5.41, 5.74) is 1.48. The summed E-state index contributed by atoms with van der Waals surface area (Å²) in [5, 5.41) is 11.8. The predicted molar refractivity (Wildman–Crippen MR) is 130 cm³/mol. The highest BCUT2D eigenvalue weighted by Crippen LogP contribution is 2.36. The Bertz CT molecular complexity index is 1130. The van der Waals surface area contributed by atoms with Gasteiger partial charge in [0, 0.05) is 37.5 Å². The Balaban J connectivity index is 1.46. The molecule has 2 aromatic rings. The molecule has 0 bridgehead atoms. The first-order chi connectivity index (χ1) is 17.4. The molecular weight excluding hydrogens is 513 g/mol. The number of esters is 1. The van der Waals surface area contributed by atoms with E-state index in [1.54, 1.807) is 24.5 Å². The third kappa shape index (κ3) is 9.24. The lowest BCUT2D eigenvalue weighted by molar-refractivity contribution is -0.152. The fourth-order valence-corrected chi connectivity index (χ4v) is 5.20. The number of nitrogens with zero attached hydrogens (tertiary/aromatic N) is 2. The Hall–Kier alpha value is -2.77. The largest absolute Gasteiger partial charge is 0.462 e. The monoisotopic (exact) mass is 544 g/mol. The van der Waals surface area contributed by atoms with Crippen molar-refractivity contribution in [1.82, 2.24) is 14.7 Å². The fourth-order valence-electron chi connectivity index (χ4n) is 4.18. The van der Waals surface area contributed by atoms with Crippen molar-refractivity contribution in [2.45, 2.75) is 68.5 Å². The van der Waals surface area contributed by atoms with Gasteiger partial charge in [0.2, 0.25) is 16.0 Å². The molecule has 1 saturated carbocycles. The van der Waals surface area contributed by atoms with E-state index < -0.39 is 34.5 Å². The summed E-state index contributed by atoms with van der Waals surface area (Å²) in [4.78, 5) is 20.8. The van der Waals surface area contributed by atoms with E-state index in [0.29, 0.717) is 24.5 Å². The number of aliphatic hydroxyl groups is 1. The van der Waals surface area contributed by atoms with Crippen LogP contribution in [0.2, 0.25) is 0 Å². The van der Waals surface area contributed by atoms with Crippen LogP contribution in [0.4, 0.5) is 24.8 Å². The smallest absolute Gasteiger partial charge is 0.389 e. The van der Waals surface area contributed by atoms with E-state index in [2.05, 4.69) is 20.0 Å². The van der Waals surface area contributed by atoms with E-state index in [9.17, 15) is 26.4 Å². The molecule has 3 N–H and O–H groups in total. The average molecular weight is 545 g/mol. The van der Waals surface area contributed by atoms with Crippen LogP contribution >= 0.6 is 0 Å². The number of aliphatic hydroxyl groups excluding tert-OH is 1. The molecule has 9 nitrogen and oxygen atoms in total. The summed E-state index contributed by atoms with van der Waals surface area (Å²) in [7, 11) is -3.69. The molecule has 204 valence electrons. The molecule has 0 spiro atoms. The van der Waals surface area contributed by atoms with E-state index >= 15 is 0 Å². The lowest BCUT2D eigenvalue weighted by Crippen LogP contribution is -2.26. The van der Waals surface area contributed by atoms with Gasteiger partial charge in [-0.15, -0.1) is 0 Å². The maximum absolute atomic E-state index is 12.4. The maximum atomic E-state index is 12.4. The van der Waals surface area contributed by atoms with Gasteiger partial charge in [-0.3, -0.25) is 4.79 Å². The molecule has 0 amide bonds. The summed E-state index contributed by atoms with van der Waals surface area (Å²) in [6, 6.07) is 6.00. The van der Waals surface area contributed by atoms with Gasteiger partial charge in [0.25, 0.3) is 0 Å². The Morgan fingerprint density at radius 2 is 1.86 bits per heavy atom. The van der Waals surface area contributed by atoms with Crippen LogP contribution in [0.1, 0.15) is 56.9 Å². The maximum Gasteiger partial charge on any atom is 0.389 e. The second-order valence-corrected chi connectivity index (χ2v) is 11.0. The number of hydrogen-bond acceptors (Lipinski definition) is 8. The van der Waals surface area contributed by atoms with E-state index in [0.717, 1.165) is 12.0 Å². The molecule has 1 heterocycles. The van der Waals surface area contributed by atoms with Crippen molar-refractivity contribution in [2.24, 2.45) is 5.92 Å². The van der Waals surface area contributed by atoms with Crippen molar-refractivity contribution >= 4 is 27.6 Å². The van der Waals surface area contributed by atoms with Gasteiger partial charge in [-0.1, -0.05) is 6.92 Å². The Morgan fingerprint density at radius 1 is 1.19 bits per heavy atom. The number of anilines is 2. The molecule has 1 aromatic heterocycles. The number of hydrogen-bond donors (Lipinski definition) is 3. The topological polar surface area (TPSA) is 131 Å². The van der Waals surface area contributed by atoms with Crippen molar-refractivity contribution in [2.75, 3.05) is 18.5 Å². The van der Waals surface area contributed by atoms with Crippen LogP contribution < -0.4 is 10.0 Å². The minimum atomic E-state index is -4.23. The zero-order valence-corrected chi connectivity index (χ0v) is 21.2. The molecule has 3 rings (SSSR count). The van der Waals surface area contributed by atoms with Crippen LogP contribution in [-0.4, -0.2) is 54.9 Å². The summed E-state index contributed by atoms with van der Waals surface area (Å²) in [6.07, 6.45) is 0.0741. The Kier molecular flexibility index (Phi) is 9.85. The molecule has 1 aromatic carbocycles. The van der Waals surface area contributed by atoms with Crippen LogP contribution in [0.5, 0.6) is 0 Å². The first-order valence-electron chi connectivity index (χ1n) is 12.0. The molecule has 1 aliphatic rings. The number of rotatable bonds is 12. The fraction of sp³-hybridized carbons (Fsp3) is 0.542. The number of nitrogens with one attached hydrogen (secondary N) is 2. The zero-order valence-electron chi connectivity index (χ0n) is 20.4. The Morgan fingerprint density at radius 3 is 2.49 bits per heavy atom. The number of halogens is 3. The number of alkyl halides is 3. The third-order valence-corrected chi connectivity index (χ3v) is 7.55. The van der Waals surface area contributed by atoms with Crippen molar-refractivity contribution in [3.05, 3.63) is 42.2 Å². The summed E-state index contributed by atoms with van der Waals surface area (Å²) >= 11 is 0. The first kappa shape index (κ1) is 28.8. The number of sulfonamides is 1. The molecule has 0 saturated heterocycles. The molecule has 37 heavy (non-hydrogen) atoms. The van der Waals surface area contributed by atoms with Gasteiger partial charge in [0.1, 0.15) is 6.10 Å². The standard InChI is InChI=1S/C24H31F3N4O5S/c1-16(13-24(25,26)27)2-9-22(33)36-20-6-3-17(12-20)18-14-28-23(29-15-18)31-19-4-7-21(8-5-19)37(34,35)30-10-11-32/h4-5,7-8,14-17,20,30,32H,2-3,6,9-13H2,1H3,(H,28,29,31)/t16-,17-,20-/m1/s1. The van der Waals surface area contributed by atoms with E-state index in [-0.39, 0.29) is 42.9 Å². The van der Waals surface area contributed by atoms with Gasteiger partial charge in [0.05, 0.1) is 11.5 Å². The predicted octanol–water partition coefficient (Wildman–Crippen LogP) is 4.04. The molecule has 3 atom stereocenters. The second-order valence-electron chi connectivity index (χ2n) is 9.20. The van der Waals surface area contributed by atoms with Gasteiger partial charge in [-0.2, -0.15) is 13.2 Å². The normalized spacial score (nSPS) is 18.9.